The van der Waals surface area contributed by atoms with Gasteiger partial charge in [0.25, 0.3) is 5.91 Å². The van der Waals surface area contributed by atoms with Crippen LogP contribution in [-0.4, -0.2) is 33.9 Å². The van der Waals surface area contributed by atoms with Crippen LogP contribution in [-0.2, 0) is 6.42 Å². The number of likely N-dealkylation sites (tertiary alicyclic amines) is 1. The number of nitrogens with zero attached hydrogens (tertiary/aromatic N) is 3. The number of benzene rings is 1. The quantitative estimate of drug-likeness (QED) is 0.684. The molecular formula is C22H22FN3O2. The molecule has 0 radical (unpaired) electrons. The lowest BCUT2D eigenvalue weighted by Gasteiger charge is -2.31. The number of rotatable bonds is 4. The predicted octanol–water partition coefficient (Wildman–Crippen LogP) is 4.13. The summed E-state index contributed by atoms with van der Waals surface area (Å²) in [6.07, 6.45) is 4.12. The average molecular weight is 379 g/mol. The maximum absolute atomic E-state index is 13.0. The van der Waals surface area contributed by atoms with E-state index < -0.39 is 0 Å². The van der Waals surface area contributed by atoms with Crippen molar-refractivity contribution in [1.82, 2.24) is 14.9 Å². The van der Waals surface area contributed by atoms with Crippen LogP contribution in [0.3, 0.4) is 0 Å². The molecular weight excluding hydrogens is 357 g/mol. The molecule has 5 nitrogen and oxygen atoms in total. The molecule has 4 rings (SSSR count). The highest BCUT2D eigenvalue weighted by atomic mass is 19.1. The van der Waals surface area contributed by atoms with Gasteiger partial charge in [-0.25, -0.2) is 14.4 Å². The average Bonchev–Trinajstić information content (AvgIpc) is 3.18. The molecule has 0 aliphatic carbocycles. The molecule has 1 atom stereocenters. The van der Waals surface area contributed by atoms with E-state index in [-0.39, 0.29) is 17.6 Å². The standard InChI is InChI=1S/C22H22FN3O2/c1-15-4-2-6-20(25-15)22(27)26-11-3-5-17(14-26)21-24-13-19(28-21)12-16-7-9-18(23)10-8-16/h2,4,6-10,13,17H,3,5,11-12,14H2,1H3/t17-/m0/s1. The van der Waals surface area contributed by atoms with Crippen molar-refractivity contribution in [1.29, 1.82) is 0 Å². The highest BCUT2D eigenvalue weighted by Gasteiger charge is 2.29. The third-order valence-electron chi connectivity index (χ3n) is 5.03. The summed E-state index contributed by atoms with van der Waals surface area (Å²) in [5.74, 6) is 1.17. The molecule has 2 aromatic heterocycles. The molecule has 0 N–H and O–H groups in total. The van der Waals surface area contributed by atoms with Gasteiger partial charge >= 0.3 is 0 Å². The maximum Gasteiger partial charge on any atom is 0.272 e. The fourth-order valence-electron chi connectivity index (χ4n) is 3.58. The molecule has 6 heteroatoms. The van der Waals surface area contributed by atoms with E-state index in [1.54, 1.807) is 24.4 Å². The Morgan fingerprint density at radius 2 is 2.07 bits per heavy atom. The van der Waals surface area contributed by atoms with E-state index in [9.17, 15) is 9.18 Å². The van der Waals surface area contributed by atoms with Crippen LogP contribution in [0.4, 0.5) is 4.39 Å². The van der Waals surface area contributed by atoms with Gasteiger partial charge in [-0.05, 0) is 49.6 Å². The third-order valence-corrected chi connectivity index (χ3v) is 5.03. The molecule has 0 bridgehead atoms. The molecule has 3 heterocycles. The molecule has 0 saturated carbocycles. The minimum Gasteiger partial charge on any atom is -0.445 e. The summed E-state index contributed by atoms with van der Waals surface area (Å²) in [7, 11) is 0. The van der Waals surface area contributed by atoms with E-state index in [1.807, 2.05) is 24.0 Å². The second kappa shape index (κ2) is 7.92. The highest BCUT2D eigenvalue weighted by Crippen LogP contribution is 2.28. The molecule has 144 valence electrons. The van der Waals surface area contributed by atoms with Gasteiger partial charge in [0.1, 0.15) is 17.3 Å². The van der Waals surface area contributed by atoms with E-state index in [2.05, 4.69) is 9.97 Å². The van der Waals surface area contributed by atoms with Crippen LogP contribution in [0.5, 0.6) is 0 Å². The van der Waals surface area contributed by atoms with E-state index in [1.165, 1.54) is 12.1 Å². The van der Waals surface area contributed by atoms with Crippen LogP contribution >= 0.6 is 0 Å². The van der Waals surface area contributed by atoms with E-state index >= 15 is 0 Å². The smallest absolute Gasteiger partial charge is 0.272 e. The zero-order valence-corrected chi connectivity index (χ0v) is 15.8. The first kappa shape index (κ1) is 18.3. The Balaban J connectivity index is 1.44. The maximum atomic E-state index is 13.0. The van der Waals surface area contributed by atoms with E-state index in [4.69, 9.17) is 4.42 Å². The Kier molecular flexibility index (Phi) is 5.19. The lowest BCUT2D eigenvalue weighted by Crippen LogP contribution is -2.39. The van der Waals surface area contributed by atoms with Crippen LogP contribution in [0, 0.1) is 12.7 Å². The molecule has 1 saturated heterocycles. The minimum absolute atomic E-state index is 0.0495. The number of hydrogen-bond donors (Lipinski definition) is 0. The summed E-state index contributed by atoms with van der Waals surface area (Å²) < 4.78 is 19.0. The zero-order chi connectivity index (χ0) is 19.5. The van der Waals surface area contributed by atoms with Gasteiger partial charge in [0, 0.05) is 25.2 Å². The molecule has 0 unspecified atom stereocenters. The summed E-state index contributed by atoms with van der Waals surface area (Å²) >= 11 is 0. The molecule has 0 spiro atoms. The van der Waals surface area contributed by atoms with Gasteiger partial charge in [0.15, 0.2) is 5.89 Å². The summed E-state index contributed by atoms with van der Waals surface area (Å²) in [4.78, 5) is 23.4. The number of oxazole rings is 1. The van der Waals surface area contributed by atoms with Crippen LogP contribution in [0.15, 0.2) is 53.1 Å². The van der Waals surface area contributed by atoms with Gasteiger partial charge in [-0.3, -0.25) is 4.79 Å². The topological polar surface area (TPSA) is 59.2 Å². The molecule has 1 amide bonds. The van der Waals surface area contributed by atoms with Crippen LogP contribution < -0.4 is 0 Å². The third kappa shape index (κ3) is 4.11. The number of carbonyl (C=O) groups excluding carboxylic acids is 1. The fourth-order valence-corrected chi connectivity index (χ4v) is 3.58. The Morgan fingerprint density at radius 1 is 1.25 bits per heavy atom. The first-order valence-electron chi connectivity index (χ1n) is 9.50. The lowest BCUT2D eigenvalue weighted by molar-refractivity contribution is 0.0691. The van der Waals surface area contributed by atoms with Crippen molar-refractivity contribution in [2.24, 2.45) is 0 Å². The minimum atomic E-state index is -0.253. The van der Waals surface area contributed by atoms with Crippen molar-refractivity contribution in [2.45, 2.75) is 32.1 Å². The monoisotopic (exact) mass is 379 g/mol. The first-order chi connectivity index (χ1) is 13.6. The molecule has 1 aliphatic heterocycles. The fraction of sp³-hybridized carbons (Fsp3) is 0.318. The number of carbonyl (C=O) groups is 1. The Morgan fingerprint density at radius 3 is 2.86 bits per heavy atom. The Hall–Kier alpha value is -3.02. The van der Waals surface area contributed by atoms with Crippen molar-refractivity contribution in [3.63, 3.8) is 0 Å². The van der Waals surface area contributed by atoms with Crippen molar-refractivity contribution >= 4 is 5.91 Å². The predicted molar refractivity (Wildman–Crippen MR) is 103 cm³/mol. The molecule has 1 aliphatic rings. The SMILES string of the molecule is Cc1cccc(C(=O)N2CCC[C@H](c3ncc(Cc4ccc(F)cc4)o3)C2)n1. The van der Waals surface area contributed by atoms with Crippen molar-refractivity contribution in [2.75, 3.05) is 13.1 Å². The van der Waals surface area contributed by atoms with Gasteiger partial charge in [-0.15, -0.1) is 0 Å². The number of piperidine rings is 1. The lowest BCUT2D eigenvalue weighted by atomic mass is 9.97. The van der Waals surface area contributed by atoms with Gasteiger partial charge in [-0.1, -0.05) is 18.2 Å². The number of pyridine rings is 1. The molecule has 28 heavy (non-hydrogen) atoms. The summed E-state index contributed by atoms with van der Waals surface area (Å²) in [6.45, 7) is 3.17. The first-order valence-corrected chi connectivity index (χ1v) is 9.50. The number of aromatic nitrogens is 2. The highest BCUT2D eigenvalue weighted by molar-refractivity contribution is 5.92. The van der Waals surface area contributed by atoms with E-state index in [0.717, 1.165) is 29.9 Å². The largest absolute Gasteiger partial charge is 0.445 e. The van der Waals surface area contributed by atoms with Gasteiger partial charge in [0.2, 0.25) is 0 Å². The summed E-state index contributed by atoms with van der Waals surface area (Å²) in [5, 5.41) is 0. The number of halogens is 1. The van der Waals surface area contributed by atoms with Crippen molar-refractivity contribution < 1.29 is 13.6 Å². The number of aryl methyl sites for hydroxylation is 1. The van der Waals surface area contributed by atoms with Gasteiger partial charge in [-0.2, -0.15) is 0 Å². The second-order valence-electron chi connectivity index (χ2n) is 7.22. The second-order valence-corrected chi connectivity index (χ2v) is 7.22. The molecule has 1 fully saturated rings. The van der Waals surface area contributed by atoms with Crippen LogP contribution in [0.1, 0.15) is 52.2 Å². The van der Waals surface area contributed by atoms with Crippen LogP contribution in [0.25, 0.3) is 0 Å². The van der Waals surface area contributed by atoms with E-state index in [0.29, 0.717) is 31.1 Å². The van der Waals surface area contributed by atoms with Crippen molar-refractivity contribution in [3.05, 3.63) is 83.1 Å². The summed E-state index contributed by atoms with van der Waals surface area (Å²) in [6, 6.07) is 11.9. The van der Waals surface area contributed by atoms with Gasteiger partial charge < -0.3 is 9.32 Å². The normalized spacial score (nSPS) is 16.9. The number of amides is 1. The number of hydrogen-bond acceptors (Lipinski definition) is 4. The Labute approximate surface area is 163 Å². The summed E-state index contributed by atoms with van der Waals surface area (Å²) in [5.41, 5.74) is 2.28. The Bertz CT molecular complexity index is 968. The van der Waals surface area contributed by atoms with Gasteiger partial charge in [0.05, 0.1) is 12.1 Å². The van der Waals surface area contributed by atoms with Crippen LogP contribution in [0.2, 0.25) is 0 Å². The molecule has 3 aromatic rings. The van der Waals surface area contributed by atoms with Crippen molar-refractivity contribution in [3.8, 4) is 0 Å². The zero-order valence-electron chi connectivity index (χ0n) is 15.8. The molecule has 1 aromatic carbocycles.